The molecular formula is C45H56N4O5. The maximum absolute atomic E-state index is 13.6. The zero-order valence-electron chi connectivity index (χ0n) is 32.9. The molecule has 5 rings (SSSR count). The Labute approximate surface area is 320 Å². The van der Waals surface area contributed by atoms with Crippen LogP contribution in [0.25, 0.3) is 22.5 Å². The molecule has 1 saturated carbocycles. The highest BCUT2D eigenvalue weighted by Crippen LogP contribution is 2.28. The Morgan fingerprint density at radius 1 is 0.759 bits per heavy atom. The van der Waals surface area contributed by atoms with E-state index in [1.54, 1.807) is 39.8 Å². The van der Waals surface area contributed by atoms with E-state index < -0.39 is 29.6 Å². The fraction of sp³-hybridized carbons (Fsp3) is 0.444. The summed E-state index contributed by atoms with van der Waals surface area (Å²) in [7, 11) is 0. The summed E-state index contributed by atoms with van der Waals surface area (Å²) in [6.45, 7) is 13.9. The fourth-order valence-electron chi connectivity index (χ4n) is 6.55. The Morgan fingerprint density at radius 3 is 1.96 bits per heavy atom. The smallest absolute Gasteiger partial charge is 0.328 e. The van der Waals surface area contributed by atoms with E-state index in [1.807, 2.05) is 73.1 Å². The van der Waals surface area contributed by atoms with Crippen LogP contribution in [0.3, 0.4) is 0 Å². The summed E-state index contributed by atoms with van der Waals surface area (Å²) in [5.74, 6) is 0.807. The first kappa shape index (κ1) is 40.1. The number of carbonyl (C=O) groups excluding carboxylic acids is 3. The zero-order chi connectivity index (χ0) is 38.9. The highest BCUT2D eigenvalue weighted by atomic mass is 16.6. The molecule has 1 fully saturated rings. The largest absolute Gasteiger partial charge is 0.494 e. The lowest BCUT2D eigenvalue weighted by atomic mass is 9.86. The second kappa shape index (κ2) is 17.9. The molecule has 0 spiro atoms. The third-order valence-corrected chi connectivity index (χ3v) is 9.77. The number of benzene rings is 3. The predicted molar refractivity (Wildman–Crippen MR) is 213 cm³/mol. The molecule has 4 aromatic rings. The van der Waals surface area contributed by atoms with Crippen molar-refractivity contribution in [3.8, 4) is 28.3 Å². The number of hydrogen-bond acceptors (Lipinski definition) is 7. The lowest BCUT2D eigenvalue weighted by Gasteiger charge is -2.25. The molecule has 2 amide bonds. The van der Waals surface area contributed by atoms with Crippen molar-refractivity contribution in [3.63, 3.8) is 0 Å². The van der Waals surface area contributed by atoms with Crippen molar-refractivity contribution >= 4 is 17.8 Å². The molecule has 2 atom stereocenters. The molecule has 9 nitrogen and oxygen atoms in total. The summed E-state index contributed by atoms with van der Waals surface area (Å²) in [4.78, 5) is 48.9. The molecule has 1 aliphatic rings. The van der Waals surface area contributed by atoms with Gasteiger partial charge < -0.3 is 20.1 Å². The van der Waals surface area contributed by atoms with Gasteiger partial charge in [0.05, 0.1) is 6.61 Å². The number of amides is 2. The van der Waals surface area contributed by atoms with Crippen LogP contribution in [0.2, 0.25) is 0 Å². The number of esters is 1. The summed E-state index contributed by atoms with van der Waals surface area (Å²) in [5.41, 5.74) is 4.30. The van der Waals surface area contributed by atoms with Crippen LogP contribution in [-0.4, -0.2) is 52.0 Å². The van der Waals surface area contributed by atoms with Crippen LogP contribution in [-0.2, 0) is 26.2 Å². The van der Waals surface area contributed by atoms with Gasteiger partial charge in [0.1, 0.15) is 23.4 Å². The Balaban J connectivity index is 1.23. The van der Waals surface area contributed by atoms with Crippen molar-refractivity contribution in [1.29, 1.82) is 0 Å². The molecule has 54 heavy (non-hydrogen) atoms. The second-order valence-corrected chi connectivity index (χ2v) is 16.5. The zero-order valence-corrected chi connectivity index (χ0v) is 32.9. The van der Waals surface area contributed by atoms with Gasteiger partial charge in [-0.15, -0.1) is 0 Å². The highest BCUT2D eigenvalue weighted by molar-refractivity contribution is 5.98. The third kappa shape index (κ3) is 11.7. The van der Waals surface area contributed by atoms with Gasteiger partial charge in [-0.05, 0) is 86.4 Å². The van der Waals surface area contributed by atoms with Crippen molar-refractivity contribution in [2.75, 3.05) is 6.61 Å². The number of nitrogens with one attached hydrogen (secondary N) is 2. The van der Waals surface area contributed by atoms with Crippen molar-refractivity contribution < 1.29 is 23.9 Å². The molecule has 1 unspecified atom stereocenters. The SMILES string of the molecule is C[C@H](NC(=O)C(Cc1ccc(-c2ncc(-c3ccc(OCCC4CCCCC4)cc3)cn2)cc1)NC(=O)c1ccc(C(C)(C)C)cc1)C(=O)OC(C)(C)C. The van der Waals surface area contributed by atoms with Gasteiger partial charge in [0, 0.05) is 35.5 Å². The summed E-state index contributed by atoms with van der Waals surface area (Å²) < 4.78 is 11.5. The summed E-state index contributed by atoms with van der Waals surface area (Å²) >= 11 is 0. The van der Waals surface area contributed by atoms with E-state index in [-0.39, 0.29) is 17.7 Å². The maximum atomic E-state index is 13.6. The van der Waals surface area contributed by atoms with E-state index in [9.17, 15) is 14.4 Å². The standard InChI is InChI=1S/C45H56N4O5/c1-30(43(52)54-45(5,6)7)48-42(51)39(49-41(50)35-17-21-37(22-18-35)44(2,3)4)27-32-13-15-34(16-14-32)40-46-28-36(29-47-40)33-19-23-38(24-20-33)53-26-25-31-11-9-8-10-12-31/h13-24,28-31,39H,8-12,25-27H2,1-7H3,(H,48,51)(H,49,50)/t30-,39?/m0/s1. The minimum Gasteiger partial charge on any atom is -0.494 e. The first-order valence-electron chi connectivity index (χ1n) is 19.2. The molecule has 1 heterocycles. The van der Waals surface area contributed by atoms with Crippen LogP contribution in [0, 0.1) is 5.92 Å². The molecule has 1 aromatic heterocycles. The van der Waals surface area contributed by atoms with Gasteiger partial charge in [-0.25, -0.2) is 14.8 Å². The predicted octanol–water partition coefficient (Wildman–Crippen LogP) is 8.64. The van der Waals surface area contributed by atoms with E-state index in [1.165, 1.54) is 32.1 Å². The highest BCUT2D eigenvalue weighted by Gasteiger charge is 2.28. The lowest BCUT2D eigenvalue weighted by Crippen LogP contribution is -2.52. The van der Waals surface area contributed by atoms with Gasteiger partial charge in [-0.3, -0.25) is 9.59 Å². The monoisotopic (exact) mass is 732 g/mol. The molecule has 1 aliphatic carbocycles. The maximum Gasteiger partial charge on any atom is 0.328 e. The number of aromatic nitrogens is 2. The van der Waals surface area contributed by atoms with E-state index in [2.05, 4.69) is 41.4 Å². The number of ether oxygens (including phenoxy) is 2. The topological polar surface area (TPSA) is 120 Å². The minimum atomic E-state index is -0.959. The summed E-state index contributed by atoms with van der Waals surface area (Å²) in [6, 6.07) is 21.1. The fourth-order valence-corrected chi connectivity index (χ4v) is 6.55. The molecule has 2 N–H and O–H groups in total. The van der Waals surface area contributed by atoms with E-state index >= 15 is 0 Å². The summed E-state index contributed by atoms with van der Waals surface area (Å²) in [5, 5.41) is 5.62. The quantitative estimate of drug-likeness (QED) is 0.132. The van der Waals surface area contributed by atoms with E-state index in [4.69, 9.17) is 9.47 Å². The Kier molecular flexibility index (Phi) is 13.3. The third-order valence-electron chi connectivity index (χ3n) is 9.77. The molecule has 0 saturated heterocycles. The number of rotatable bonds is 13. The van der Waals surface area contributed by atoms with Crippen molar-refractivity contribution in [2.45, 2.75) is 117 Å². The molecule has 286 valence electrons. The van der Waals surface area contributed by atoms with Crippen molar-refractivity contribution in [2.24, 2.45) is 5.92 Å². The Hall–Kier alpha value is -5.05. The van der Waals surface area contributed by atoms with Crippen molar-refractivity contribution in [3.05, 3.63) is 102 Å². The normalized spacial score (nSPS) is 14.8. The first-order chi connectivity index (χ1) is 25.6. The number of carbonyl (C=O) groups is 3. The number of nitrogens with zero attached hydrogens (tertiary/aromatic N) is 2. The van der Waals surface area contributed by atoms with Crippen LogP contribution in [0.5, 0.6) is 5.75 Å². The second-order valence-electron chi connectivity index (χ2n) is 16.5. The van der Waals surface area contributed by atoms with Gasteiger partial charge >= 0.3 is 5.97 Å². The average Bonchev–Trinajstić information content (AvgIpc) is 3.14. The van der Waals surface area contributed by atoms with Crippen LogP contribution in [0.1, 0.15) is 108 Å². The van der Waals surface area contributed by atoms with Crippen LogP contribution < -0.4 is 15.4 Å². The molecule has 9 heteroatoms. The van der Waals surface area contributed by atoms with Gasteiger partial charge in [-0.2, -0.15) is 0 Å². The van der Waals surface area contributed by atoms with Crippen molar-refractivity contribution in [1.82, 2.24) is 20.6 Å². The first-order valence-corrected chi connectivity index (χ1v) is 19.2. The molecule has 0 bridgehead atoms. The van der Waals surface area contributed by atoms with Gasteiger partial charge in [-0.1, -0.05) is 101 Å². The van der Waals surface area contributed by atoms with Crippen LogP contribution in [0.15, 0.2) is 85.2 Å². The molecule has 0 aliphatic heterocycles. The average molecular weight is 733 g/mol. The minimum absolute atomic E-state index is 0.0658. The van der Waals surface area contributed by atoms with Crippen LogP contribution in [0.4, 0.5) is 0 Å². The van der Waals surface area contributed by atoms with Crippen LogP contribution >= 0.6 is 0 Å². The lowest BCUT2D eigenvalue weighted by molar-refractivity contribution is -0.158. The molecule has 3 aromatic carbocycles. The Bertz CT molecular complexity index is 1840. The summed E-state index contributed by atoms with van der Waals surface area (Å²) in [6.07, 6.45) is 11.7. The molecule has 0 radical (unpaired) electrons. The number of hydrogen-bond donors (Lipinski definition) is 2. The van der Waals surface area contributed by atoms with E-state index in [0.717, 1.165) is 52.5 Å². The van der Waals surface area contributed by atoms with Gasteiger partial charge in [0.15, 0.2) is 5.82 Å². The molecular weight excluding hydrogens is 677 g/mol. The van der Waals surface area contributed by atoms with E-state index in [0.29, 0.717) is 11.4 Å². The van der Waals surface area contributed by atoms with Gasteiger partial charge in [0.25, 0.3) is 5.91 Å². The Morgan fingerprint density at radius 2 is 1.37 bits per heavy atom. The van der Waals surface area contributed by atoms with Gasteiger partial charge in [0.2, 0.25) is 5.91 Å².